The molecular weight excluding hydrogens is 144 g/mol. The molecule has 0 saturated carbocycles. The van der Waals surface area contributed by atoms with Gasteiger partial charge in [-0.15, -0.1) is 0 Å². The summed E-state index contributed by atoms with van der Waals surface area (Å²) in [6.07, 6.45) is 0.537. The van der Waals surface area contributed by atoms with Crippen LogP contribution >= 0.6 is 0 Å². The van der Waals surface area contributed by atoms with E-state index in [9.17, 15) is 5.11 Å². The van der Waals surface area contributed by atoms with E-state index in [4.69, 9.17) is 5.53 Å². The van der Waals surface area contributed by atoms with Crippen molar-refractivity contribution in [2.45, 2.75) is 12.5 Å². The highest BCUT2D eigenvalue weighted by Crippen LogP contribution is 2.12. The van der Waals surface area contributed by atoms with Crippen LogP contribution < -0.4 is 5.32 Å². The minimum Gasteiger partial charge on any atom is -0.392 e. The van der Waals surface area contributed by atoms with Gasteiger partial charge >= 0.3 is 0 Å². The number of nitrogens with zero attached hydrogens (tertiary/aromatic N) is 3. The van der Waals surface area contributed by atoms with E-state index in [0.29, 0.717) is 13.1 Å². The van der Waals surface area contributed by atoms with Crippen LogP contribution in [0.25, 0.3) is 10.4 Å². The van der Waals surface area contributed by atoms with Crippen molar-refractivity contribution in [3.05, 3.63) is 10.4 Å². The summed E-state index contributed by atoms with van der Waals surface area (Å²) in [7, 11) is 0. The Bertz CT molecular complexity index is 166. The van der Waals surface area contributed by atoms with E-state index in [1.807, 2.05) is 0 Å². The molecule has 1 heterocycles. The molecule has 0 aromatic heterocycles. The van der Waals surface area contributed by atoms with Gasteiger partial charge < -0.3 is 10.4 Å². The molecule has 2 atom stereocenters. The largest absolute Gasteiger partial charge is 0.392 e. The number of azide groups is 1. The van der Waals surface area contributed by atoms with Crippen molar-refractivity contribution in [2.24, 2.45) is 11.0 Å². The van der Waals surface area contributed by atoms with E-state index >= 15 is 0 Å². The van der Waals surface area contributed by atoms with Crippen molar-refractivity contribution in [3.63, 3.8) is 0 Å². The Kier molecular flexibility index (Phi) is 3.16. The first kappa shape index (κ1) is 8.33. The van der Waals surface area contributed by atoms with Crippen molar-refractivity contribution in [3.8, 4) is 0 Å². The van der Waals surface area contributed by atoms with Crippen LogP contribution in [-0.4, -0.2) is 30.8 Å². The third-order valence-corrected chi connectivity index (χ3v) is 1.97. The molecule has 5 heteroatoms. The zero-order valence-electron chi connectivity index (χ0n) is 6.27. The first-order chi connectivity index (χ1) is 5.34. The van der Waals surface area contributed by atoms with E-state index in [1.54, 1.807) is 0 Å². The summed E-state index contributed by atoms with van der Waals surface area (Å²) in [5, 5.41) is 15.8. The summed E-state index contributed by atoms with van der Waals surface area (Å²) in [5.41, 5.74) is 8.04. The number of aliphatic hydroxyl groups is 1. The summed E-state index contributed by atoms with van der Waals surface area (Å²) in [4.78, 5) is 2.66. The summed E-state index contributed by atoms with van der Waals surface area (Å²) >= 11 is 0. The molecule has 5 nitrogen and oxygen atoms in total. The lowest BCUT2D eigenvalue weighted by Gasteiger charge is -2.26. The molecule has 1 rings (SSSR count). The molecule has 2 unspecified atom stereocenters. The molecule has 62 valence electrons. The van der Waals surface area contributed by atoms with Gasteiger partial charge in [0.25, 0.3) is 0 Å². The van der Waals surface area contributed by atoms with Gasteiger partial charge in [0, 0.05) is 18.0 Å². The molecule has 0 amide bonds. The SMILES string of the molecule is [N-]=[N+]=NCC1CCNCC1O. The first-order valence-corrected chi connectivity index (χ1v) is 3.74. The summed E-state index contributed by atoms with van der Waals surface area (Å²) in [6, 6.07) is 0. The minimum absolute atomic E-state index is 0.146. The number of hydrogen-bond acceptors (Lipinski definition) is 3. The predicted molar refractivity (Wildman–Crippen MR) is 41.0 cm³/mol. The van der Waals surface area contributed by atoms with Crippen molar-refractivity contribution in [1.82, 2.24) is 5.32 Å². The van der Waals surface area contributed by atoms with Crippen LogP contribution in [0.1, 0.15) is 6.42 Å². The second-order valence-electron chi connectivity index (χ2n) is 2.73. The van der Waals surface area contributed by atoms with Gasteiger partial charge in [-0.05, 0) is 24.4 Å². The molecule has 0 radical (unpaired) electrons. The maximum atomic E-state index is 9.35. The Morgan fingerprint density at radius 2 is 2.55 bits per heavy atom. The molecule has 0 aliphatic carbocycles. The van der Waals surface area contributed by atoms with Gasteiger partial charge in [0.05, 0.1) is 6.10 Å². The topological polar surface area (TPSA) is 81.0 Å². The molecule has 1 fully saturated rings. The van der Waals surface area contributed by atoms with Gasteiger partial charge in [-0.3, -0.25) is 0 Å². The normalized spacial score (nSPS) is 31.0. The molecule has 0 aromatic carbocycles. The molecule has 1 aliphatic rings. The van der Waals surface area contributed by atoms with E-state index in [0.717, 1.165) is 13.0 Å². The van der Waals surface area contributed by atoms with E-state index < -0.39 is 0 Å². The standard InChI is InChI=1S/C6H12N4O/c7-10-9-3-5-1-2-8-4-6(5)11/h5-6,8,11H,1-4H2. The van der Waals surface area contributed by atoms with Crippen LogP contribution in [0.5, 0.6) is 0 Å². The lowest BCUT2D eigenvalue weighted by atomic mass is 9.95. The summed E-state index contributed by atoms with van der Waals surface area (Å²) < 4.78 is 0. The third-order valence-electron chi connectivity index (χ3n) is 1.97. The van der Waals surface area contributed by atoms with Crippen molar-refractivity contribution >= 4 is 0 Å². The average molecular weight is 156 g/mol. The maximum Gasteiger partial charge on any atom is 0.0694 e. The Morgan fingerprint density at radius 1 is 1.73 bits per heavy atom. The van der Waals surface area contributed by atoms with Crippen LogP contribution in [0, 0.1) is 5.92 Å². The zero-order chi connectivity index (χ0) is 8.10. The van der Waals surface area contributed by atoms with Crippen LogP contribution in [0.4, 0.5) is 0 Å². The Labute approximate surface area is 65.0 Å². The fraction of sp³-hybridized carbons (Fsp3) is 1.00. The molecule has 1 aliphatic heterocycles. The summed E-state index contributed by atoms with van der Waals surface area (Å²) in [5.74, 6) is 0.146. The van der Waals surface area contributed by atoms with Crippen LogP contribution in [0.15, 0.2) is 5.11 Å². The zero-order valence-corrected chi connectivity index (χ0v) is 6.27. The van der Waals surface area contributed by atoms with Crippen molar-refractivity contribution in [2.75, 3.05) is 19.6 Å². The fourth-order valence-corrected chi connectivity index (χ4v) is 1.25. The first-order valence-electron chi connectivity index (χ1n) is 3.74. The molecule has 0 aromatic rings. The molecule has 0 spiro atoms. The monoisotopic (exact) mass is 156 g/mol. The van der Waals surface area contributed by atoms with Gasteiger partial charge in [0.1, 0.15) is 0 Å². The third kappa shape index (κ3) is 2.38. The molecular formula is C6H12N4O. The number of aliphatic hydroxyl groups excluding tert-OH is 1. The Hall–Kier alpha value is -0.770. The lowest BCUT2D eigenvalue weighted by molar-refractivity contribution is 0.0863. The average Bonchev–Trinajstić information content (AvgIpc) is 2.03. The van der Waals surface area contributed by atoms with E-state index in [-0.39, 0.29) is 12.0 Å². The quantitative estimate of drug-likeness (QED) is 0.342. The van der Waals surface area contributed by atoms with Gasteiger partial charge in [0.2, 0.25) is 0 Å². The van der Waals surface area contributed by atoms with Crippen LogP contribution in [0.3, 0.4) is 0 Å². The van der Waals surface area contributed by atoms with Crippen molar-refractivity contribution in [1.29, 1.82) is 0 Å². The molecule has 11 heavy (non-hydrogen) atoms. The predicted octanol–water partition coefficient (Wildman–Crippen LogP) is 0.267. The van der Waals surface area contributed by atoms with Gasteiger partial charge in [0.15, 0.2) is 0 Å². The highest BCUT2D eigenvalue weighted by molar-refractivity contribution is 4.78. The minimum atomic E-state index is -0.353. The second-order valence-corrected chi connectivity index (χ2v) is 2.73. The highest BCUT2D eigenvalue weighted by Gasteiger charge is 2.21. The maximum absolute atomic E-state index is 9.35. The number of piperidine rings is 1. The smallest absolute Gasteiger partial charge is 0.0694 e. The summed E-state index contributed by atoms with van der Waals surface area (Å²) in [6.45, 7) is 1.94. The number of hydrogen-bond donors (Lipinski definition) is 2. The fourth-order valence-electron chi connectivity index (χ4n) is 1.25. The number of rotatable bonds is 2. The van der Waals surface area contributed by atoms with Crippen molar-refractivity contribution < 1.29 is 5.11 Å². The molecule has 1 saturated heterocycles. The number of nitrogens with one attached hydrogen (secondary N) is 1. The van der Waals surface area contributed by atoms with Gasteiger partial charge in [-0.1, -0.05) is 5.11 Å². The number of β-amino-alcohol motifs (C(OH)–C–C–N with tert-alkyl or cyclic N) is 1. The lowest BCUT2D eigenvalue weighted by Crippen LogP contribution is -2.41. The van der Waals surface area contributed by atoms with Crippen LogP contribution in [0.2, 0.25) is 0 Å². The van der Waals surface area contributed by atoms with Crippen LogP contribution in [-0.2, 0) is 0 Å². The molecule has 2 N–H and O–H groups in total. The highest BCUT2D eigenvalue weighted by atomic mass is 16.3. The molecule has 0 bridgehead atoms. The van der Waals surface area contributed by atoms with E-state index in [1.165, 1.54) is 0 Å². The second kappa shape index (κ2) is 4.18. The Morgan fingerprint density at radius 3 is 3.18 bits per heavy atom. The van der Waals surface area contributed by atoms with Gasteiger partial charge in [-0.2, -0.15) is 0 Å². The van der Waals surface area contributed by atoms with E-state index in [2.05, 4.69) is 15.3 Å². The van der Waals surface area contributed by atoms with Gasteiger partial charge in [-0.25, -0.2) is 0 Å². The Balaban J connectivity index is 2.35.